The molecule has 1 amide bonds. The molecule has 1 aliphatic carbocycles. The van der Waals surface area contributed by atoms with Crippen molar-refractivity contribution in [3.63, 3.8) is 0 Å². The molecule has 0 N–H and O–H groups in total. The number of rotatable bonds is 11. The summed E-state index contributed by atoms with van der Waals surface area (Å²) in [5.41, 5.74) is 3.76. The van der Waals surface area contributed by atoms with Gasteiger partial charge >= 0.3 is 6.09 Å². The van der Waals surface area contributed by atoms with E-state index < -0.39 is 0 Å². The summed E-state index contributed by atoms with van der Waals surface area (Å²) in [5.74, 6) is 1.17. The van der Waals surface area contributed by atoms with Gasteiger partial charge in [0.2, 0.25) is 0 Å². The molecule has 1 saturated heterocycles. The van der Waals surface area contributed by atoms with Crippen LogP contribution < -0.4 is 0 Å². The van der Waals surface area contributed by atoms with Gasteiger partial charge in [-0.25, -0.2) is 4.79 Å². The third kappa shape index (κ3) is 8.15. The lowest BCUT2D eigenvalue weighted by Crippen LogP contribution is -2.48. The molecular formula is C36H46ClN3O2. The highest BCUT2D eigenvalue weighted by molar-refractivity contribution is 6.30. The highest BCUT2D eigenvalue weighted by Crippen LogP contribution is 2.42. The van der Waals surface area contributed by atoms with Gasteiger partial charge in [-0.1, -0.05) is 91.3 Å². The number of likely N-dealkylation sites (tertiary alicyclic amines) is 1. The Bertz CT molecular complexity index is 1250. The summed E-state index contributed by atoms with van der Waals surface area (Å²) in [4.78, 5) is 20.3. The van der Waals surface area contributed by atoms with Gasteiger partial charge in [0.15, 0.2) is 0 Å². The number of nitrogens with zero attached hydrogens (tertiary/aromatic N) is 3. The minimum absolute atomic E-state index is 0.176. The minimum atomic E-state index is -0.176. The van der Waals surface area contributed by atoms with E-state index in [-0.39, 0.29) is 12.1 Å². The number of carbonyl (C=O) groups excluding carboxylic acids is 1. The topological polar surface area (TPSA) is 36.0 Å². The number of hydrogen-bond donors (Lipinski definition) is 0. The number of ether oxygens (including phenoxy) is 1. The van der Waals surface area contributed by atoms with Crippen LogP contribution in [-0.4, -0.2) is 66.1 Å². The molecule has 1 saturated carbocycles. The molecule has 224 valence electrons. The fourth-order valence-corrected chi connectivity index (χ4v) is 7.24. The molecule has 5 nitrogen and oxygen atoms in total. The van der Waals surface area contributed by atoms with Gasteiger partial charge < -0.3 is 14.5 Å². The van der Waals surface area contributed by atoms with Gasteiger partial charge in [0.1, 0.15) is 6.61 Å². The van der Waals surface area contributed by atoms with E-state index in [9.17, 15) is 4.79 Å². The first-order chi connectivity index (χ1) is 20.5. The average molecular weight is 588 g/mol. The van der Waals surface area contributed by atoms with Gasteiger partial charge in [0.05, 0.1) is 0 Å². The van der Waals surface area contributed by atoms with E-state index in [1.165, 1.54) is 24.0 Å². The van der Waals surface area contributed by atoms with Crippen molar-refractivity contribution >= 4 is 17.7 Å². The van der Waals surface area contributed by atoms with Gasteiger partial charge in [-0.05, 0) is 79.8 Å². The second kappa shape index (κ2) is 15.0. The average Bonchev–Trinajstić information content (AvgIpc) is 3.44. The number of piperidine rings is 1. The molecule has 1 aliphatic heterocycles. The number of halogens is 1. The molecule has 0 aromatic heterocycles. The Hall–Kier alpha value is -2.86. The Morgan fingerprint density at radius 1 is 0.905 bits per heavy atom. The zero-order valence-corrected chi connectivity index (χ0v) is 26.0. The SMILES string of the molecule is CCCN(C(=O)OCc1ccccc1)C1CCN(CC2CC(N(C)Cc3cccc(Cl)c3)CC2c2ccccc2)CC1. The van der Waals surface area contributed by atoms with Crippen molar-refractivity contribution in [2.24, 2.45) is 5.92 Å². The summed E-state index contributed by atoms with van der Waals surface area (Å²) in [6.45, 7) is 7.29. The van der Waals surface area contributed by atoms with E-state index in [1.54, 1.807) is 0 Å². The van der Waals surface area contributed by atoms with Crippen molar-refractivity contribution in [2.45, 2.75) is 70.2 Å². The van der Waals surface area contributed by atoms with Gasteiger partial charge in [0.25, 0.3) is 0 Å². The van der Waals surface area contributed by atoms with Gasteiger partial charge in [-0.3, -0.25) is 4.90 Å². The van der Waals surface area contributed by atoms with Crippen LogP contribution in [0.5, 0.6) is 0 Å². The van der Waals surface area contributed by atoms with Crippen molar-refractivity contribution < 1.29 is 9.53 Å². The van der Waals surface area contributed by atoms with Crippen molar-refractivity contribution in [1.29, 1.82) is 0 Å². The molecule has 0 spiro atoms. The Labute approximate surface area is 257 Å². The van der Waals surface area contributed by atoms with Crippen LogP contribution in [0, 0.1) is 5.92 Å². The summed E-state index contributed by atoms with van der Waals surface area (Å²) < 4.78 is 5.74. The molecule has 3 aromatic rings. The summed E-state index contributed by atoms with van der Waals surface area (Å²) >= 11 is 6.28. The highest BCUT2D eigenvalue weighted by atomic mass is 35.5. The van der Waals surface area contributed by atoms with Crippen LogP contribution in [0.3, 0.4) is 0 Å². The van der Waals surface area contributed by atoms with Crippen LogP contribution in [0.1, 0.15) is 61.6 Å². The van der Waals surface area contributed by atoms with E-state index in [4.69, 9.17) is 16.3 Å². The first-order valence-corrected chi connectivity index (χ1v) is 16.1. The van der Waals surface area contributed by atoms with Gasteiger partial charge in [-0.15, -0.1) is 0 Å². The Morgan fingerprint density at radius 3 is 2.29 bits per heavy atom. The van der Waals surface area contributed by atoms with Crippen molar-refractivity contribution in [3.8, 4) is 0 Å². The molecule has 2 aliphatic rings. The van der Waals surface area contributed by atoms with Crippen molar-refractivity contribution in [3.05, 3.63) is 107 Å². The van der Waals surface area contributed by atoms with Crippen molar-refractivity contribution in [2.75, 3.05) is 33.2 Å². The highest BCUT2D eigenvalue weighted by Gasteiger charge is 2.38. The largest absolute Gasteiger partial charge is 0.445 e. The zero-order valence-electron chi connectivity index (χ0n) is 25.2. The van der Waals surface area contributed by atoms with Crippen molar-refractivity contribution in [1.82, 2.24) is 14.7 Å². The fraction of sp³-hybridized carbons (Fsp3) is 0.472. The lowest BCUT2D eigenvalue weighted by molar-refractivity contribution is 0.0576. The maximum Gasteiger partial charge on any atom is 0.410 e. The summed E-state index contributed by atoms with van der Waals surface area (Å²) in [6, 6.07) is 30.1. The third-order valence-corrected chi connectivity index (χ3v) is 9.47. The minimum Gasteiger partial charge on any atom is -0.445 e. The first-order valence-electron chi connectivity index (χ1n) is 15.7. The molecule has 1 heterocycles. The quantitative estimate of drug-likeness (QED) is 0.229. The summed E-state index contributed by atoms with van der Waals surface area (Å²) in [5, 5.41) is 0.803. The van der Waals surface area contributed by atoms with Crippen LogP contribution in [0.25, 0.3) is 0 Å². The molecule has 5 rings (SSSR count). The summed E-state index contributed by atoms with van der Waals surface area (Å²) in [6.07, 6.45) is 5.14. The van der Waals surface area contributed by atoms with Crippen LogP contribution in [0.4, 0.5) is 4.79 Å². The maximum atomic E-state index is 13.1. The molecule has 42 heavy (non-hydrogen) atoms. The van der Waals surface area contributed by atoms with Crippen LogP contribution >= 0.6 is 11.6 Å². The molecule has 0 radical (unpaired) electrons. The van der Waals surface area contributed by atoms with Gasteiger partial charge in [-0.2, -0.15) is 0 Å². The van der Waals surface area contributed by atoms with E-state index in [1.807, 2.05) is 47.4 Å². The molecule has 3 atom stereocenters. The Morgan fingerprint density at radius 2 is 1.60 bits per heavy atom. The third-order valence-electron chi connectivity index (χ3n) is 9.24. The molecule has 2 fully saturated rings. The number of hydrogen-bond acceptors (Lipinski definition) is 4. The Kier molecular flexibility index (Phi) is 11.0. The monoisotopic (exact) mass is 587 g/mol. The molecule has 0 bridgehead atoms. The van der Waals surface area contributed by atoms with Gasteiger partial charge in [0, 0.05) is 49.8 Å². The number of benzene rings is 3. The number of carbonyl (C=O) groups is 1. The summed E-state index contributed by atoms with van der Waals surface area (Å²) in [7, 11) is 2.26. The number of amides is 1. The van der Waals surface area contributed by atoms with Crippen LogP contribution in [-0.2, 0) is 17.9 Å². The fourth-order valence-electron chi connectivity index (χ4n) is 7.03. The maximum absolute atomic E-state index is 13.1. The predicted octanol–water partition coefficient (Wildman–Crippen LogP) is 7.85. The van der Waals surface area contributed by atoms with E-state index in [0.29, 0.717) is 24.5 Å². The normalized spacial score (nSPS) is 21.5. The second-order valence-electron chi connectivity index (χ2n) is 12.2. The molecule has 3 unspecified atom stereocenters. The first kappa shape index (κ1) is 30.6. The molecule has 6 heteroatoms. The lowest BCUT2D eigenvalue weighted by atomic mass is 9.88. The standard InChI is InChI=1S/C36H46ClN3O2/c1-3-19-40(36(41)42-27-28-11-6-4-7-12-28)33-17-20-39(21-18-33)26-31-23-34(24-35(31)30-14-8-5-9-15-30)38(2)25-29-13-10-16-32(37)22-29/h4-16,22,31,33-35H,3,17-21,23-27H2,1-2H3. The van der Waals surface area contributed by atoms with Crippen LogP contribution in [0.15, 0.2) is 84.9 Å². The lowest BCUT2D eigenvalue weighted by Gasteiger charge is -2.39. The zero-order chi connectivity index (χ0) is 29.3. The Balaban J connectivity index is 1.18. The van der Waals surface area contributed by atoms with E-state index in [2.05, 4.69) is 66.2 Å². The predicted molar refractivity (Wildman–Crippen MR) is 172 cm³/mol. The molecular weight excluding hydrogens is 542 g/mol. The van der Waals surface area contributed by atoms with E-state index in [0.717, 1.165) is 62.6 Å². The second-order valence-corrected chi connectivity index (χ2v) is 12.6. The molecule has 3 aromatic carbocycles. The van der Waals surface area contributed by atoms with E-state index >= 15 is 0 Å². The smallest absolute Gasteiger partial charge is 0.410 e. The van der Waals surface area contributed by atoms with Crippen LogP contribution in [0.2, 0.25) is 5.02 Å².